The van der Waals surface area contributed by atoms with Gasteiger partial charge < -0.3 is 10.2 Å². The monoisotopic (exact) mass is 289 g/mol. The summed E-state index contributed by atoms with van der Waals surface area (Å²) < 4.78 is 0. The molecule has 3 heteroatoms. The molecule has 0 radical (unpaired) electrons. The minimum Gasteiger partial charge on any atom is -0.313 e. The van der Waals surface area contributed by atoms with Gasteiger partial charge in [0, 0.05) is 38.8 Å². The summed E-state index contributed by atoms with van der Waals surface area (Å²) in [4.78, 5) is 5.11. The van der Waals surface area contributed by atoms with Gasteiger partial charge in [-0.25, -0.2) is 0 Å². The highest BCUT2D eigenvalue weighted by Crippen LogP contribution is 2.15. The Bertz CT molecular complexity index is 419. The van der Waals surface area contributed by atoms with Crippen molar-refractivity contribution in [1.29, 1.82) is 0 Å². The van der Waals surface area contributed by atoms with Gasteiger partial charge in [0.2, 0.25) is 0 Å². The Morgan fingerprint density at radius 3 is 2.76 bits per heavy atom. The molecule has 1 saturated heterocycles. The van der Waals surface area contributed by atoms with E-state index in [9.17, 15) is 0 Å². The molecule has 1 aliphatic heterocycles. The van der Waals surface area contributed by atoms with Gasteiger partial charge in [-0.3, -0.25) is 4.90 Å². The molecule has 0 saturated carbocycles. The molecule has 0 amide bonds. The molecule has 1 fully saturated rings. The van der Waals surface area contributed by atoms with Gasteiger partial charge in [0.05, 0.1) is 0 Å². The molecule has 1 N–H and O–H groups in total. The van der Waals surface area contributed by atoms with Crippen LogP contribution in [0.3, 0.4) is 0 Å². The summed E-state index contributed by atoms with van der Waals surface area (Å²) in [5.74, 6) is 0. The zero-order valence-electron chi connectivity index (χ0n) is 13.9. The van der Waals surface area contributed by atoms with E-state index in [1.807, 2.05) is 0 Å². The van der Waals surface area contributed by atoms with Gasteiger partial charge in [-0.15, -0.1) is 0 Å². The van der Waals surface area contributed by atoms with Crippen molar-refractivity contribution >= 4 is 0 Å². The molecule has 0 bridgehead atoms. The highest BCUT2D eigenvalue weighted by atomic mass is 15.3. The lowest BCUT2D eigenvalue weighted by Crippen LogP contribution is -2.50. The number of rotatable bonds is 7. The molecular formula is C18H31N3. The quantitative estimate of drug-likeness (QED) is 0.779. The van der Waals surface area contributed by atoms with Crippen LogP contribution in [-0.2, 0) is 13.1 Å². The minimum absolute atomic E-state index is 0.716. The third-order valence-electron chi connectivity index (χ3n) is 4.49. The van der Waals surface area contributed by atoms with Crippen molar-refractivity contribution in [3.05, 3.63) is 35.4 Å². The summed E-state index contributed by atoms with van der Waals surface area (Å²) in [6.07, 6.45) is 2.44. The molecule has 1 aromatic carbocycles. The zero-order chi connectivity index (χ0) is 15.1. The lowest BCUT2D eigenvalue weighted by molar-refractivity contribution is 0.0883. The summed E-state index contributed by atoms with van der Waals surface area (Å²) in [6.45, 7) is 11.3. The molecule has 1 heterocycles. The van der Waals surface area contributed by atoms with E-state index in [0.29, 0.717) is 6.04 Å². The standard InChI is InChI=1S/C18H31N3/c1-4-9-19-13-16-7-6-8-17(12-16)14-21-11-10-20(3)18(5-2)15-21/h6-8,12,18-19H,4-5,9-11,13-15H2,1-3H3. The predicted molar refractivity (Wildman–Crippen MR) is 90.4 cm³/mol. The van der Waals surface area contributed by atoms with Gasteiger partial charge in [-0.1, -0.05) is 38.1 Å². The maximum absolute atomic E-state index is 3.48. The molecule has 118 valence electrons. The van der Waals surface area contributed by atoms with Crippen LogP contribution >= 0.6 is 0 Å². The van der Waals surface area contributed by atoms with Crippen molar-refractivity contribution in [3.8, 4) is 0 Å². The van der Waals surface area contributed by atoms with Gasteiger partial charge in [-0.2, -0.15) is 0 Å². The Labute approximate surface area is 130 Å². The molecule has 1 aromatic rings. The van der Waals surface area contributed by atoms with Gasteiger partial charge in [-0.05, 0) is 37.6 Å². The van der Waals surface area contributed by atoms with E-state index >= 15 is 0 Å². The van der Waals surface area contributed by atoms with E-state index in [2.05, 4.69) is 60.3 Å². The lowest BCUT2D eigenvalue weighted by atomic mass is 10.1. The molecule has 1 aliphatic rings. The Balaban J connectivity index is 1.89. The van der Waals surface area contributed by atoms with Crippen molar-refractivity contribution in [2.75, 3.05) is 33.2 Å². The first-order valence-electron chi connectivity index (χ1n) is 8.44. The number of benzene rings is 1. The first-order valence-corrected chi connectivity index (χ1v) is 8.44. The molecule has 1 atom stereocenters. The van der Waals surface area contributed by atoms with Crippen molar-refractivity contribution in [3.63, 3.8) is 0 Å². The Morgan fingerprint density at radius 2 is 2.00 bits per heavy atom. The Kier molecular flexibility index (Phi) is 6.68. The second kappa shape index (κ2) is 8.52. The van der Waals surface area contributed by atoms with E-state index < -0.39 is 0 Å². The van der Waals surface area contributed by atoms with Crippen LogP contribution in [0.25, 0.3) is 0 Å². The molecule has 1 unspecified atom stereocenters. The fraction of sp³-hybridized carbons (Fsp3) is 0.667. The Hall–Kier alpha value is -0.900. The van der Waals surface area contributed by atoms with Crippen LogP contribution in [0.4, 0.5) is 0 Å². The van der Waals surface area contributed by atoms with Gasteiger partial charge in [0.25, 0.3) is 0 Å². The summed E-state index contributed by atoms with van der Waals surface area (Å²) >= 11 is 0. The molecule has 0 aromatic heterocycles. The second-order valence-corrected chi connectivity index (χ2v) is 6.27. The first kappa shape index (κ1) is 16.5. The Morgan fingerprint density at radius 1 is 1.19 bits per heavy atom. The maximum atomic E-state index is 3.48. The fourth-order valence-corrected chi connectivity index (χ4v) is 3.10. The van der Waals surface area contributed by atoms with E-state index in [1.54, 1.807) is 0 Å². The molecule has 0 aliphatic carbocycles. The minimum atomic E-state index is 0.716. The van der Waals surface area contributed by atoms with Crippen LogP contribution < -0.4 is 5.32 Å². The number of likely N-dealkylation sites (N-methyl/N-ethyl adjacent to an activating group) is 1. The largest absolute Gasteiger partial charge is 0.313 e. The number of nitrogens with one attached hydrogen (secondary N) is 1. The highest BCUT2D eigenvalue weighted by molar-refractivity contribution is 5.23. The van der Waals surface area contributed by atoms with Crippen LogP contribution in [-0.4, -0.2) is 49.1 Å². The van der Waals surface area contributed by atoms with Crippen LogP contribution in [0, 0.1) is 0 Å². The van der Waals surface area contributed by atoms with Gasteiger partial charge in [0.15, 0.2) is 0 Å². The number of nitrogens with zero attached hydrogens (tertiary/aromatic N) is 2. The molecule has 3 nitrogen and oxygen atoms in total. The number of piperazine rings is 1. The topological polar surface area (TPSA) is 18.5 Å². The van der Waals surface area contributed by atoms with Gasteiger partial charge in [0.1, 0.15) is 0 Å². The molecule has 21 heavy (non-hydrogen) atoms. The van der Waals surface area contributed by atoms with E-state index in [1.165, 1.54) is 43.6 Å². The van der Waals surface area contributed by atoms with E-state index in [4.69, 9.17) is 0 Å². The fourth-order valence-electron chi connectivity index (χ4n) is 3.10. The van der Waals surface area contributed by atoms with Crippen molar-refractivity contribution in [2.45, 2.75) is 45.8 Å². The third kappa shape index (κ3) is 5.10. The first-order chi connectivity index (χ1) is 10.2. The van der Waals surface area contributed by atoms with Crippen LogP contribution in [0.2, 0.25) is 0 Å². The number of hydrogen-bond donors (Lipinski definition) is 1. The number of hydrogen-bond acceptors (Lipinski definition) is 3. The van der Waals surface area contributed by atoms with E-state index in [-0.39, 0.29) is 0 Å². The van der Waals surface area contributed by atoms with Crippen LogP contribution in [0.1, 0.15) is 37.8 Å². The smallest absolute Gasteiger partial charge is 0.0235 e. The molecule has 0 spiro atoms. The van der Waals surface area contributed by atoms with Crippen molar-refractivity contribution in [1.82, 2.24) is 15.1 Å². The summed E-state index contributed by atoms with van der Waals surface area (Å²) in [5.41, 5.74) is 2.85. The van der Waals surface area contributed by atoms with E-state index in [0.717, 1.165) is 19.6 Å². The summed E-state index contributed by atoms with van der Waals surface area (Å²) in [5, 5.41) is 3.48. The zero-order valence-corrected chi connectivity index (χ0v) is 13.9. The second-order valence-electron chi connectivity index (χ2n) is 6.27. The van der Waals surface area contributed by atoms with Gasteiger partial charge >= 0.3 is 0 Å². The predicted octanol–water partition coefficient (Wildman–Crippen LogP) is 2.71. The third-order valence-corrected chi connectivity index (χ3v) is 4.49. The normalized spacial score (nSPS) is 20.8. The van der Waals surface area contributed by atoms with Crippen molar-refractivity contribution < 1.29 is 0 Å². The van der Waals surface area contributed by atoms with Crippen LogP contribution in [0.15, 0.2) is 24.3 Å². The maximum Gasteiger partial charge on any atom is 0.0235 e. The lowest BCUT2D eigenvalue weighted by Gasteiger charge is -2.39. The summed E-state index contributed by atoms with van der Waals surface area (Å²) in [6, 6.07) is 9.77. The van der Waals surface area contributed by atoms with Crippen molar-refractivity contribution in [2.24, 2.45) is 0 Å². The highest BCUT2D eigenvalue weighted by Gasteiger charge is 2.22. The summed E-state index contributed by atoms with van der Waals surface area (Å²) in [7, 11) is 2.26. The molecular weight excluding hydrogens is 258 g/mol. The molecule has 2 rings (SSSR count). The average Bonchev–Trinajstić information content (AvgIpc) is 2.50. The average molecular weight is 289 g/mol. The van der Waals surface area contributed by atoms with Crippen LogP contribution in [0.5, 0.6) is 0 Å². The SMILES string of the molecule is CCCNCc1cccc(CN2CCN(C)C(CC)C2)c1.